The molecule has 0 aliphatic carbocycles. The minimum atomic E-state index is -0.276. The van der Waals surface area contributed by atoms with Crippen LogP contribution in [0.15, 0.2) is 30.6 Å². The minimum Gasteiger partial charge on any atom is -0.351 e. The molecule has 25 heavy (non-hydrogen) atoms. The van der Waals surface area contributed by atoms with Gasteiger partial charge in [0.25, 0.3) is 0 Å². The van der Waals surface area contributed by atoms with Crippen LogP contribution in [0.4, 0.5) is 0 Å². The van der Waals surface area contributed by atoms with Crippen molar-refractivity contribution in [3.63, 3.8) is 0 Å². The molecule has 134 valence electrons. The Morgan fingerprint density at radius 1 is 1.36 bits per heavy atom. The summed E-state index contributed by atoms with van der Waals surface area (Å²) in [6.07, 6.45) is 5.69. The van der Waals surface area contributed by atoms with E-state index in [1.54, 1.807) is 6.20 Å². The summed E-state index contributed by atoms with van der Waals surface area (Å²) in [4.78, 5) is 19.1. The molecule has 0 spiro atoms. The number of pyridine rings is 1. The zero-order valence-corrected chi connectivity index (χ0v) is 15.3. The number of aryl methyl sites for hydroxylation is 2. The standard InChI is InChI=1S/C19H27N5O/c1-14-11-15(2)24(22-14)16(3)19(25)21-18-6-9-23(10-7-18)13-17-5-4-8-20-12-17/h4-5,8,11-12,16,18H,6-7,9-10,13H2,1-3H3,(H,21,25). The van der Waals surface area contributed by atoms with Gasteiger partial charge in [-0.1, -0.05) is 6.07 Å². The Bertz CT molecular complexity index is 704. The van der Waals surface area contributed by atoms with Gasteiger partial charge >= 0.3 is 0 Å². The fourth-order valence-electron chi connectivity index (χ4n) is 3.46. The summed E-state index contributed by atoms with van der Waals surface area (Å²) in [5, 5.41) is 7.62. The number of amides is 1. The summed E-state index contributed by atoms with van der Waals surface area (Å²) in [6, 6.07) is 6.06. The minimum absolute atomic E-state index is 0.0527. The largest absolute Gasteiger partial charge is 0.351 e. The van der Waals surface area contributed by atoms with Crippen molar-refractivity contribution in [3.05, 3.63) is 47.5 Å². The van der Waals surface area contributed by atoms with Crippen LogP contribution in [0, 0.1) is 13.8 Å². The molecule has 6 nitrogen and oxygen atoms in total. The van der Waals surface area contributed by atoms with E-state index in [0.717, 1.165) is 43.9 Å². The van der Waals surface area contributed by atoms with Crippen molar-refractivity contribution in [3.8, 4) is 0 Å². The molecule has 1 amide bonds. The first-order valence-electron chi connectivity index (χ1n) is 8.97. The molecule has 1 aliphatic heterocycles. The first kappa shape index (κ1) is 17.6. The molecule has 0 bridgehead atoms. The fraction of sp³-hybridized carbons (Fsp3) is 0.526. The van der Waals surface area contributed by atoms with E-state index >= 15 is 0 Å². The number of nitrogens with zero attached hydrogens (tertiary/aromatic N) is 4. The summed E-state index contributed by atoms with van der Waals surface area (Å²) in [6.45, 7) is 8.76. The van der Waals surface area contributed by atoms with Gasteiger partial charge in [0.15, 0.2) is 0 Å². The molecule has 1 atom stereocenters. The van der Waals surface area contributed by atoms with Gasteiger partial charge in [-0.3, -0.25) is 19.4 Å². The molecular formula is C19H27N5O. The van der Waals surface area contributed by atoms with Gasteiger partial charge in [-0.2, -0.15) is 5.10 Å². The van der Waals surface area contributed by atoms with Crippen molar-refractivity contribution < 1.29 is 4.79 Å². The fourth-order valence-corrected chi connectivity index (χ4v) is 3.46. The van der Waals surface area contributed by atoms with E-state index in [2.05, 4.69) is 26.4 Å². The van der Waals surface area contributed by atoms with Crippen molar-refractivity contribution in [2.75, 3.05) is 13.1 Å². The van der Waals surface area contributed by atoms with E-state index in [9.17, 15) is 4.79 Å². The normalized spacial score (nSPS) is 17.4. The van der Waals surface area contributed by atoms with Gasteiger partial charge in [0.05, 0.1) is 5.69 Å². The average Bonchev–Trinajstić information content (AvgIpc) is 2.95. The predicted molar refractivity (Wildman–Crippen MR) is 97.1 cm³/mol. The zero-order valence-electron chi connectivity index (χ0n) is 15.3. The lowest BCUT2D eigenvalue weighted by atomic mass is 10.0. The summed E-state index contributed by atoms with van der Waals surface area (Å²) in [7, 11) is 0. The Balaban J connectivity index is 1.48. The quantitative estimate of drug-likeness (QED) is 0.906. The lowest BCUT2D eigenvalue weighted by molar-refractivity contribution is -0.125. The van der Waals surface area contributed by atoms with Crippen molar-refractivity contribution in [1.82, 2.24) is 25.0 Å². The first-order chi connectivity index (χ1) is 12.0. The van der Waals surface area contributed by atoms with E-state index in [-0.39, 0.29) is 18.0 Å². The third-order valence-corrected chi connectivity index (χ3v) is 4.85. The molecule has 2 aromatic rings. The highest BCUT2D eigenvalue weighted by molar-refractivity contribution is 5.80. The second-order valence-corrected chi connectivity index (χ2v) is 6.97. The van der Waals surface area contributed by atoms with Crippen LogP contribution in [0.3, 0.4) is 0 Å². The van der Waals surface area contributed by atoms with Crippen LogP contribution < -0.4 is 5.32 Å². The molecule has 0 saturated carbocycles. The summed E-state index contributed by atoms with van der Waals surface area (Å²) >= 11 is 0. The Kier molecular flexibility index (Phi) is 5.48. The first-order valence-corrected chi connectivity index (χ1v) is 8.97. The van der Waals surface area contributed by atoms with Gasteiger partial charge in [-0.05, 0) is 51.3 Å². The van der Waals surface area contributed by atoms with Gasteiger partial charge in [-0.15, -0.1) is 0 Å². The van der Waals surface area contributed by atoms with Crippen LogP contribution in [0.5, 0.6) is 0 Å². The van der Waals surface area contributed by atoms with Crippen LogP contribution in [0.25, 0.3) is 0 Å². The van der Waals surface area contributed by atoms with E-state index in [1.807, 2.05) is 43.8 Å². The van der Waals surface area contributed by atoms with Gasteiger partial charge in [0, 0.05) is 43.8 Å². The van der Waals surface area contributed by atoms with Crippen molar-refractivity contribution >= 4 is 5.91 Å². The number of carbonyl (C=O) groups is 1. The number of hydrogen-bond donors (Lipinski definition) is 1. The van der Waals surface area contributed by atoms with Crippen LogP contribution in [0.1, 0.15) is 42.8 Å². The monoisotopic (exact) mass is 341 g/mol. The summed E-state index contributed by atoms with van der Waals surface area (Å²) in [5.41, 5.74) is 3.20. The van der Waals surface area contributed by atoms with Gasteiger partial charge in [0.1, 0.15) is 6.04 Å². The molecule has 1 N–H and O–H groups in total. The van der Waals surface area contributed by atoms with Gasteiger partial charge in [-0.25, -0.2) is 0 Å². The number of nitrogens with one attached hydrogen (secondary N) is 1. The molecule has 6 heteroatoms. The van der Waals surface area contributed by atoms with Crippen molar-refractivity contribution in [1.29, 1.82) is 0 Å². The number of rotatable bonds is 5. The number of piperidine rings is 1. The van der Waals surface area contributed by atoms with E-state index < -0.39 is 0 Å². The maximum absolute atomic E-state index is 12.6. The van der Waals surface area contributed by atoms with Crippen LogP contribution in [0.2, 0.25) is 0 Å². The Hall–Kier alpha value is -2.21. The maximum atomic E-state index is 12.6. The molecule has 0 aromatic carbocycles. The highest BCUT2D eigenvalue weighted by atomic mass is 16.2. The number of aromatic nitrogens is 3. The Morgan fingerprint density at radius 3 is 2.72 bits per heavy atom. The number of likely N-dealkylation sites (tertiary alicyclic amines) is 1. The van der Waals surface area contributed by atoms with E-state index in [1.165, 1.54) is 5.56 Å². The van der Waals surface area contributed by atoms with Crippen molar-refractivity contribution in [2.45, 2.75) is 52.2 Å². The van der Waals surface area contributed by atoms with Crippen LogP contribution >= 0.6 is 0 Å². The van der Waals surface area contributed by atoms with Crippen molar-refractivity contribution in [2.24, 2.45) is 0 Å². The smallest absolute Gasteiger partial charge is 0.244 e. The second kappa shape index (κ2) is 7.78. The highest BCUT2D eigenvalue weighted by Crippen LogP contribution is 2.16. The predicted octanol–water partition coefficient (Wildman–Crippen LogP) is 2.24. The van der Waals surface area contributed by atoms with Gasteiger partial charge in [0.2, 0.25) is 5.91 Å². The molecule has 3 rings (SSSR count). The molecule has 1 fully saturated rings. The number of carbonyl (C=O) groups excluding carboxylic acids is 1. The molecule has 1 saturated heterocycles. The lowest BCUT2D eigenvalue weighted by Crippen LogP contribution is -2.46. The molecule has 0 radical (unpaired) electrons. The summed E-state index contributed by atoms with van der Waals surface area (Å²) < 4.78 is 1.81. The van der Waals surface area contributed by atoms with Crippen LogP contribution in [-0.2, 0) is 11.3 Å². The topological polar surface area (TPSA) is 63.1 Å². The average molecular weight is 341 g/mol. The molecule has 1 aliphatic rings. The second-order valence-electron chi connectivity index (χ2n) is 6.97. The highest BCUT2D eigenvalue weighted by Gasteiger charge is 2.24. The van der Waals surface area contributed by atoms with Crippen LogP contribution in [-0.4, -0.2) is 44.7 Å². The Labute approximate surface area is 149 Å². The molecule has 1 unspecified atom stereocenters. The third-order valence-electron chi connectivity index (χ3n) is 4.85. The number of hydrogen-bond acceptors (Lipinski definition) is 4. The van der Waals surface area contributed by atoms with E-state index in [4.69, 9.17) is 0 Å². The Morgan fingerprint density at radius 2 is 2.12 bits per heavy atom. The molecular weight excluding hydrogens is 314 g/mol. The molecule has 2 aromatic heterocycles. The van der Waals surface area contributed by atoms with E-state index in [0.29, 0.717) is 0 Å². The molecule has 3 heterocycles. The maximum Gasteiger partial charge on any atom is 0.244 e. The SMILES string of the molecule is Cc1cc(C)n(C(C)C(=O)NC2CCN(Cc3cccnc3)CC2)n1. The van der Waals surface area contributed by atoms with Gasteiger partial charge < -0.3 is 5.32 Å². The zero-order chi connectivity index (χ0) is 17.8. The summed E-state index contributed by atoms with van der Waals surface area (Å²) in [5.74, 6) is 0.0527. The lowest BCUT2D eigenvalue weighted by Gasteiger charge is -2.32. The third kappa shape index (κ3) is 4.45.